The SMILES string of the molecule is CC1Oc2ccccc2N(CC(=O)NCC(=O)NCc2ccco2)C1=O. The maximum absolute atomic E-state index is 12.3. The third kappa shape index (κ3) is 4.02. The molecule has 1 aromatic carbocycles. The van der Waals surface area contributed by atoms with Crippen LogP contribution in [0.2, 0.25) is 0 Å². The zero-order chi connectivity index (χ0) is 18.5. The Hall–Kier alpha value is -3.29. The molecule has 1 aliphatic heterocycles. The molecule has 0 spiro atoms. The van der Waals surface area contributed by atoms with Gasteiger partial charge >= 0.3 is 0 Å². The lowest BCUT2D eigenvalue weighted by molar-refractivity contribution is -0.129. The van der Waals surface area contributed by atoms with E-state index in [0.717, 1.165) is 0 Å². The molecule has 0 bridgehead atoms. The number of hydrogen-bond acceptors (Lipinski definition) is 5. The number of furan rings is 1. The minimum Gasteiger partial charge on any atom is -0.479 e. The lowest BCUT2D eigenvalue weighted by Gasteiger charge is -2.32. The topological polar surface area (TPSA) is 101 Å². The number of ether oxygens (including phenoxy) is 1. The van der Waals surface area contributed by atoms with Crippen molar-refractivity contribution in [3.8, 4) is 5.75 Å². The van der Waals surface area contributed by atoms with E-state index in [4.69, 9.17) is 9.15 Å². The zero-order valence-electron chi connectivity index (χ0n) is 14.2. The molecule has 26 heavy (non-hydrogen) atoms. The number of fused-ring (bicyclic) bond motifs is 1. The van der Waals surface area contributed by atoms with Crippen LogP contribution in [0.5, 0.6) is 5.75 Å². The highest BCUT2D eigenvalue weighted by Crippen LogP contribution is 2.33. The van der Waals surface area contributed by atoms with Gasteiger partial charge in [-0.05, 0) is 31.2 Å². The van der Waals surface area contributed by atoms with Gasteiger partial charge in [0.25, 0.3) is 5.91 Å². The fourth-order valence-electron chi connectivity index (χ4n) is 2.56. The van der Waals surface area contributed by atoms with Crippen molar-refractivity contribution < 1.29 is 23.5 Å². The van der Waals surface area contributed by atoms with Crippen LogP contribution in [0, 0.1) is 0 Å². The number of hydrogen-bond donors (Lipinski definition) is 2. The number of nitrogens with zero attached hydrogens (tertiary/aromatic N) is 1. The van der Waals surface area contributed by atoms with Crippen molar-refractivity contribution in [1.29, 1.82) is 0 Å². The lowest BCUT2D eigenvalue weighted by Crippen LogP contribution is -2.49. The van der Waals surface area contributed by atoms with Crippen molar-refractivity contribution in [1.82, 2.24) is 10.6 Å². The minimum absolute atomic E-state index is 0.185. The largest absolute Gasteiger partial charge is 0.479 e. The Morgan fingerprint density at radius 2 is 1.92 bits per heavy atom. The monoisotopic (exact) mass is 357 g/mol. The van der Waals surface area contributed by atoms with Gasteiger partial charge < -0.3 is 19.8 Å². The molecule has 3 rings (SSSR count). The van der Waals surface area contributed by atoms with Gasteiger partial charge in [-0.3, -0.25) is 19.3 Å². The summed E-state index contributed by atoms with van der Waals surface area (Å²) >= 11 is 0. The van der Waals surface area contributed by atoms with Crippen LogP contribution in [-0.2, 0) is 20.9 Å². The number of nitrogens with one attached hydrogen (secondary N) is 2. The van der Waals surface area contributed by atoms with Crippen molar-refractivity contribution in [3.63, 3.8) is 0 Å². The Morgan fingerprint density at radius 3 is 2.69 bits per heavy atom. The van der Waals surface area contributed by atoms with Crippen LogP contribution in [0.25, 0.3) is 0 Å². The molecule has 1 unspecified atom stereocenters. The van der Waals surface area contributed by atoms with E-state index in [1.165, 1.54) is 11.2 Å². The number of amides is 3. The van der Waals surface area contributed by atoms with Crippen LogP contribution < -0.4 is 20.3 Å². The zero-order valence-corrected chi connectivity index (χ0v) is 14.2. The molecule has 3 amide bonds. The summed E-state index contributed by atoms with van der Waals surface area (Å²) in [6.07, 6.45) is 0.843. The first-order valence-electron chi connectivity index (χ1n) is 8.17. The summed E-state index contributed by atoms with van der Waals surface area (Å²) in [5, 5.41) is 5.14. The molecule has 1 aliphatic rings. The molecule has 2 N–H and O–H groups in total. The Balaban J connectivity index is 1.52. The second kappa shape index (κ2) is 7.73. The number of carbonyl (C=O) groups is 3. The Bertz CT molecular complexity index is 803. The molecule has 0 radical (unpaired) electrons. The molecule has 8 nitrogen and oxygen atoms in total. The average Bonchev–Trinajstić information content (AvgIpc) is 3.15. The number of carbonyl (C=O) groups excluding carboxylic acids is 3. The van der Waals surface area contributed by atoms with E-state index in [2.05, 4.69) is 10.6 Å². The fraction of sp³-hybridized carbons (Fsp3) is 0.278. The number of para-hydroxylation sites is 2. The van der Waals surface area contributed by atoms with Crippen molar-refractivity contribution in [2.75, 3.05) is 18.0 Å². The first-order chi connectivity index (χ1) is 12.5. The van der Waals surface area contributed by atoms with E-state index in [0.29, 0.717) is 17.2 Å². The molecule has 2 aromatic rings. The molecular weight excluding hydrogens is 338 g/mol. The van der Waals surface area contributed by atoms with Gasteiger partial charge in [-0.2, -0.15) is 0 Å². The predicted molar refractivity (Wildman–Crippen MR) is 92.4 cm³/mol. The van der Waals surface area contributed by atoms with Crippen molar-refractivity contribution in [2.24, 2.45) is 0 Å². The summed E-state index contributed by atoms with van der Waals surface area (Å²) in [7, 11) is 0. The van der Waals surface area contributed by atoms with E-state index < -0.39 is 12.0 Å². The van der Waals surface area contributed by atoms with Crippen LogP contribution in [0.15, 0.2) is 47.1 Å². The second-order valence-electron chi connectivity index (χ2n) is 5.79. The smallest absolute Gasteiger partial charge is 0.268 e. The van der Waals surface area contributed by atoms with Gasteiger partial charge in [0.15, 0.2) is 6.10 Å². The third-order valence-corrected chi connectivity index (χ3v) is 3.86. The molecule has 0 fully saturated rings. The van der Waals surface area contributed by atoms with Crippen LogP contribution in [-0.4, -0.2) is 36.9 Å². The Morgan fingerprint density at radius 1 is 1.12 bits per heavy atom. The molecule has 0 aliphatic carbocycles. The van der Waals surface area contributed by atoms with Gasteiger partial charge in [0, 0.05) is 0 Å². The van der Waals surface area contributed by atoms with Gasteiger partial charge in [0.2, 0.25) is 11.8 Å². The van der Waals surface area contributed by atoms with Gasteiger partial charge in [-0.25, -0.2) is 0 Å². The minimum atomic E-state index is -0.672. The fourth-order valence-corrected chi connectivity index (χ4v) is 2.56. The Kier molecular flexibility index (Phi) is 5.21. The summed E-state index contributed by atoms with van der Waals surface area (Å²) < 4.78 is 10.6. The van der Waals surface area contributed by atoms with Gasteiger partial charge in [-0.15, -0.1) is 0 Å². The van der Waals surface area contributed by atoms with Crippen LogP contribution in [0.1, 0.15) is 12.7 Å². The van der Waals surface area contributed by atoms with E-state index in [1.54, 1.807) is 43.3 Å². The maximum Gasteiger partial charge on any atom is 0.268 e. The second-order valence-corrected chi connectivity index (χ2v) is 5.79. The average molecular weight is 357 g/mol. The standard InChI is InChI=1S/C18H19N3O5/c1-12-18(24)21(14-6-2-3-7-15(14)26-12)11-17(23)20-10-16(22)19-9-13-5-4-8-25-13/h2-8,12H,9-11H2,1H3,(H,19,22)(H,20,23). The number of anilines is 1. The first kappa shape index (κ1) is 17.5. The molecule has 136 valence electrons. The number of rotatable bonds is 6. The van der Waals surface area contributed by atoms with Crippen molar-refractivity contribution in [3.05, 3.63) is 48.4 Å². The predicted octanol–water partition coefficient (Wildman–Crippen LogP) is 0.826. The third-order valence-electron chi connectivity index (χ3n) is 3.86. The van der Waals surface area contributed by atoms with E-state index >= 15 is 0 Å². The van der Waals surface area contributed by atoms with E-state index in [1.807, 2.05) is 0 Å². The molecule has 1 atom stereocenters. The summed E-state index contributed by atoms with van der Waals surface area (Å²) in [5.74, 6) is 0.0751. The quantitative estimate of drug-likeness (QED) is 0.797. The maximum atomic E-state index is 12.3. The van der Waals surface area contributed by atoms with Crippen LogP contribution in [0.3, 0.4) is 0 Å². The molecule has 0 saturated carbocycles. The van der Waals surface area contributed by atoms with Gasteiger partial charge in [-0.1, -0.05) is 12.1 Å². The highest BCUT2D eigenvalue weighted by molar-refractivity contribution is 6.03. The van der Waals surface area contributed by atoms with Crippen molar-refractivity contribution in [2.45, 2.75) is 19.6 Å². The van der Waals surface area contributed by atoms with Gasteiger partial charge in [0.1, 0.15) is 18.1 Å². The molecule has 8 heteroatoms. The number of benzene rings is 1. The summed E-state index contributed by atoms with van der Waals surface area (Å²) in [5.41, 5.74) is 0.535. The highest BCUT2D eigenvalue weighted by Gasteiger charge is 2.32. The Labute approximate surface area is 150 Å². The molecule has 0 saturated heterocycles. The van der Waals surface area contributed by atoms with Crippen molar-refractivity contribution >= 4 is 23.4 Å². The molecular formula is C18H19N3O5. The first-order valence-corrected chi connectivity index (χ1v) is 8.17. The highest BCUT2D eigenvalue weighted by atomic mass is 16.5. The molecule has 1 aromatic heterocycles. The van der Waals surface area contributed by atoms with Gasteiger partial charge in [0.05, 0.1) is 25.0 Å². The summed E-state index contributed by atoms with van der Waals surface area (Å²) in [6, 6.07) is 10.5. The van der Waals surface area contributed by atoms with Crippen LogP contribution >= 0.6 is 0 Å². The van der Waals surface area contributed by atoms with E-state index in [9.17, 15) is 14.4 Å². The van der Waals surface area contributed by atoms with Crippen LogP contribution in [0.4, 0.5) is 5.69 Å². The normalized spacial score (nSPS) is 15.8. The van der Waals surface area contributed by atoms with E-state index in [-0.39, 0.29) is 31.4 Å². The summed E-state index contributed by atoms with van der Waals surface area (Å²) in [4.78, 5) is 37.6. The molecule has 2 heterocycles. The summed E-state index contributed by atoms with van der Waals surface area (Å²) in [6.45, 7) is 1.50. The lowest BCUT2D eigenvalue weighted by atomic mass is 10.2.